The van der Waals surface area contributed by atoms with Gasteiger partial charge in [-0.25, -0.2) is 0 Å². The number of anilines is 1. The molecule has 0 saturated carbocycles. The topological polar surface area (TPSA) is 65.2 Å². The fraction of sp³-hybridized carbons (Fsp3) is 0.238. The van der Waals surface area contributed by atoms with Crippen LogP contribution in [0.4, 0.5) is 5.69 Å². The van der Waals surface area contributed by atoms with E-state index in [2.05, 4.69) is 16.4 Å². The first-order valence-corrected chi connectivity index (χ1v) is 9.73. The number of amides is 2. The molecule has 0 aliphatic heterocycles. The third-order valence-corrected chi connectivity index (χ3v) is 5.26. The van der Waals surface area contributed by atoms with Gasteiger partial charge in [-0.2, -0.15) is 0 Å². The number of likely N-dealkylation sites (N-methyl/N-ethyl adjacent to an activating group) is 1. The number of halogens is 2. The molecule has 0 radical (unpaired) electrons. The highest BCUT2D eigenvalue weighted by Gasteiger charge is 2.14. The molecule has 0 fully saturated rings. The number of aromatic amines is 1. The van der Waals surface area contributed by atoms with Crippen LogP contribution in [0.3, 0.4) is 0 Å². The van der Waals surface area contributed by atoms with Gasteiger partial charge in [0.15, 0.2) is 0 Å². The van der Waals surface area contributed by atoms with E-state index in [1.807, 2.05) is 24.4 Å². The molecule has 2 aromatic carbocycles. The minimum atomic E-state index is -0.286. The van der Waals surface area contributed by atoms with Gasteiger partial charge in [-0.15, -0.1) is 0 Å². The highest BCUT2D eigenvalue weighted by Crippen LogP contribution is 2.25. The van der Waals surface area contributed by atoms with Gasteiger partial charge in [-0.05, 0) is 42.7 Å². The van der Waals surface area contributed by atoms with E-state index in [9.17, 15) is 9.59 Å². The normalized spacial score (nSPS) is 10.8. The standard InChI is InChI=1S/C21H21Cl2N3O2/c1-26(13-20(27)25-15-9-10-17(22)18(23)11-15)21(28)8-4-5-14-12-24-19-7-3-2-6-16(14)19/h2-3,6-7,9-12,24H,4-5,8,13H2,1H3,(H,25,27). The summed E-state index contributed by atoms with van der Waals surface area (Å²) in [5, 5.41) is 4.68. The van der Waals surface area contributed by atoms with Gasteiger partial charge < -0.3 is 15.2 Å². The number of hydrogen-bond acceptors (Lipinski definition) is 2. The molecule has 0 unspecified atom stereocenters. The number of hydrogen-bond donors (Lipinski definition) is 2. The predicted octanol–water partition coefficient (Wildman–Crippen LogP) is 4.89. The Morgan fingerprint density at radius 1 is 1.11 bits per heavy atom. The number of fused-ring (bicyclic) bond motifs is 1. The molecule has 0 bridgehead atoms. The molecule has 0 atom stereocenters. The van der Waals surface area contributed by atoms with Crippen LogP contribution in [0.15, 0.2) is 48.7 Å². The lowest BCUT2D eigenvalue weighted by Crippen LogP contribution is -2.34. The minimum absolute atomic E-state index is 0.0217. The maximum absolute atomic E-state index is 12.3. The fourth-order valence-corrected chi connectivity index (χ4v) is 3.34. The lowest BCUT2D eigenvalue weighted by molar-refractivity contribution is -0.133. The molecule has 3 rings (SSSR count). The van der Waals surface area contributed by atoms with Gasteiger partial charge in [0.1, 0.15) is 0 Å². The van der Waals surface area contributed by atoms with Crippen LogP contribution in [-0.4, -0.2) is 35.3 Å². The number of nitrogens with one attached hydrogen (secondary N) is 2. The van der Waals surface area contributed by atoms with Gasteiger partial charge >= 0.3 is 0 Å². The molecule has 0 aliphatic carbocycles. The van der Waals surface area contributed by atoms with Crippen molar-refractivity contribution in [3.63, 3.8) is 0 Å². The van der Waals surface area contributed by atoms with Gasteiger partial charge in [0.2, 0.25) is 11.8 Å². The van der Waals surface area contributed by atoms with E-state index < -0.39 is 0 Å². The third kappa shape index (κ3) is 5.06. The number of aryl methyl sites for hydroxylation is 1. The molecule has 7 heteroatoms. The van der Waals surface area contributed by atoms with Crippen LogP contribution in [-0.2, 0) is 16.0 Å². The summed E-state index contributed by atoms with van der Waals surface area (Å²) in [6, 6.07) is 12.9. The Kier molecular flexibility index (Phi) is 6.60. The largest absolute Gasteiger partial charge is 0.361 e. The number of aromatic nitrogens is 1. The molecule has 1 heterocycles. The molecule has 0 saturated heterocycles. The van der Waals surface area contributed by atoms with Crippen molar-refractivity contribution < 1.29 is 9.59 Å². The highest BCUT2D eigenvalue weighted by atomic mass is 35.5. The molecule has 28 heavy (non-hydrogen) atoms. The van der Waals surface area contributed by atoms with Crippen molar-refractivity contribution >= 4 is 51.6 Å². The van der Waals surface area contributed by atoms with Gasteiger partial charge in [0.25, 0.3) is 0 Å². The predicted molar refractivity (Wildman–Crippen MR) is 114 cm³/mol. The lowest BCUT2D eigenvalue weighted by atomic mass is 10.1. The van der Waals surface area contributed by atoms with Crippen LogP contribution >= 0.6 is 23.2 Å². The van der Waals surface area contributed by atoms with E-state index in [0.717, 1.165) is 18.4 Å². The van der Waals surface area contributed by atoms with E-state index >= 15 is 0 Å². The lowest BCUT2D eigenvalue weighted by Gasteiger charge is -2.17. The molecular formula is C21H21Cl2N3O2. The van der Waals surface area contributed by atoms with Crippen molar-refractivity contribution in [1.82, 2.24) is 9.88 Å². The molecule has 2 amide bonds. The second-order valence-electron chi connectivity index (χ2n) is 6.64. The van der Waals surface area contributed by atoms with E-state index in [1.54, 1.807) is 25.2 Å². The van der Waals surface area contributed by atoms with Crippen molar-refractivity contribution in [2.24, 2.45) is 0 Å². The Hall–Kier alpha value is -2.50. The zero-order chi connectivity index (χ0) is 20.1. The molecule has 146 valence electrons. The summed E-state index contributed by atoms with van der Waals surface area (Å²) < 4.78 is 0. The van der Waals surface area contributed by atoms with Crippen LogP contribution in [0.2, 0.25) is 10.0 Å². The number of carbonyl (C=O) groups is 2. The summed E-state index contributed by atoms with van der Waals surface area (Å²) in [4.78, 5) is 29.1. The summed E-state index contributed by atoms with van der Waals surface area (Å²) >= 11 is 11.8. The first kappa shape index (κ1) is 20.2. The Labute approximate surface area is 173 Å². The maximum Gasteiger partial charge on any atom is 0.243 e. The molecule has 1 aromatic heterocycles. The zero-order valence-corrected chi connectivity index (χ0v) is 17.0. The molecule has 2 N–H and O–H groups in total. The SMILES string of the molecule is CN(CC(=O)Nc1ccc(Cl)c(Cl)c1)C(=O)CCCc1c[nH]c2ccccc12. The summed E-state index contributed by atoms with van der Waals surface area (Å²) in [5.41, 5.74) is 2.84. The molecule has 5 nitrogen and oxygen atoms in total. The Balaban J connectivity index is 1.46. The minimum Gasteiger partial charge on any atom is -0.361 e. The summed E-state index contributed by atoms with van der Waals surface area (Å²) in [6.07, 6.45) is 3.90. The van der Waals surface area contributed by atoms with Crippen LogP contribution in [0.5, 0.6) is 0 Å². The Morgan fingerprint density at radius 3 is 2.68 bits per heavy atom. The second kappa shape index (κ2) is 9.13. The summed E-state index contributed by atoms with van der Waals surface area (Å²) in [6.45, 7) is -0.0217. The highest BCUT2D eigenvalue weighted by molar-refractivity contribution is 6.42. The second-order valence-corrected chi connectivity index (χ2v) is 7.45. The first-order chi connectivity index (χ1) is 13.4. The smallest absolute Gasteiger partial charge is 0.243 e. The van der Waals surface area contributed by atoms with Gasteiger partial charge in [-0.1, -0.05) is 41.4 Å². The van der Waals surface area contributed by atoms with Crippen molar-refractivity contribution in [2.75, 3.05) is 18.9 Å². The maximum atomic E-state index is 12.3. The number of carbonyl (C=O) groups excluding carboxylic acids is 2. The molecular weight excluding hydrogens is 397 g/mol. The number of H-pyrrole nitrogens is 1. The zero-order valence-electron chi connectivity index (χ0n) is 15.5. The third-order valence-electron chi connectivity index (χ3n) is 4.52. The van der Waals surface area contributed by atoms with Gasteiger partial charge in [0.05, 0.1) is 16.6 Å². The van der Waals surface area contributed by atoms with Crippen molar-refractivity contribution in [3.05, 3.63) is 64.3 Å². The quantitative estimate of drug-likeness (QED) is 0.574. The van der Waals surface area contributed by atoms with Crippen LogP contribution in [0, 0.1) is 0 Å². The fourth-order valence-electron chi connectivity index (χ4n) is 3.04. The number of para-hydroxylation sites is 1. The van der Waals surface area contributed by atoms with Crippen molar-refractivity contribution in [2.45, 2.75) is 19.3 Å². The molecule has 3 aromatic rings. The van der Waals surface area contributed by atoms with E-state index in [0.29, 0.717) is 22.2 Å². The summed E-state index contributed by atoms with van der Waals surface area (Å²) in [5.74, 6) is -0.352. The average Bonchev–Trinajstić information content (AvgIpc) is 3.08. The Bertz CT molecular complexity index is 1000. The van der Waals surface area contributed by atoms with Crippen LogP contribution < -0.4 is 5.32 Å². The van der Waals surface area contributed by atoms with Crippen LogP contribution in [0.25, 0.3) is 10.9 Å². The summed E-state index contributed by atoms with van der Waals surface area (Å²) in [7, 11) is 1.63. The van der Waals surface area contributed by atoms with E-state index in [-0.39, 0.29) is 18.4 Å². The first-order valence-electron chi connectivity index (χ1n) is 8.98. The van der Waals surface area contributed by atoms with Crippen molar-refractivity contribution in [1.29, 1.82) is 0 Å². The van der Waals surface area contributed by atoms with Gasteiger partial charge in [0, 0.05) is 36.3 Å². The monoisotopic (exact) mass is 417 g/mol. The van der Waals surface area contributed by atoms with E-state index in [1.165, 1.54) is 15.8 Å². The number of rotatable bonds is 7. The molecule has 0 aliphatic rings. The van der Waals surface area contributed by atoms with E-state index in [4.69, 9.17) is 23.2 Å². The van der Waals surface area contributed by atoms with Crippen LogP contribution in [0.1, 0.15) is 18.4 Å². The molecule has 0 spiro atoms. The number of benzene rings is 2. The average molecular weight is 418 g/mol. The van der Waals surface area contributed by atoms with Gasteiger partial charge in [-0.3, -0.25) is 9.59 Å². The number of nitrogens with zero attached hydrogens (tertiary/aromatic N) is 1. The van der Waals surface area contributed by atoms with Crippen molar-refractivity contribution in [3.8, 4) is 0 Å². The Morgan fingerprint density at radius 2 is 1.89 bits per heavy atom.